The molecule has 4 nitrogen and oxygen atoms in total. The highest BCUT2D eigenvalue weighted by Crippen LogP contribution is 2.13. The number of hydrogen-bond acceptors (Lipinski definition) is 4. The zero-order valence-corrected chi connectivity index (χ0v) is 35.5. The van der Waals surface area contributed by atoms with Crippen LogP contribution in [-0.4, -0.2) is 37.0 Å². The van der Waals surface area contributed by atoms with Gasteiger partial charge < -0.3 is 14.6 Å². The summed E-state index contributed by atoms with van der Waals surface area (Å²) >= 11 is 0. The standard InChI is InChI=1S/C50H86O4/c1-3-5-7-9-11-13-15-17-19-21-23-24-25-26-27-29-31-33-35-37-39-41-43-45-50(52)54-49(47-51)48-53-46-44-42-40-38-36-34-32-30-28-22-20-18-16-14-12-10-8-6-4-2/h5,7,11,13-14,16-17,19-20,22-24,26-27,49,51H,3-4,6,8-10,12,15,18,21,25,28-48H2,1-2H3/b7-5-,13-11-,16-14-,19-17-,22-20-,24-23-,27-26-. The molecule has 0 fully saturated rings. The van der Waals surface area contributed by atoms with Gasteiger partial charge in [0.05, 0.1) is 13.2 Å². The molecule has 1 unspecified atom stereocenters. The SMILES string of the molecule is CC/C=C\C/C=C\C/C=C\C/C=C\C/C=C\CCCCCCCCCC(=O)OC(CO)COCCCCCCCCCC/C=C\C/C=C\CCCCCC. The Kier molecular flexibility index (Phi) is 44.6. The number of rotatable bonds is 41. The molecule has 0 heterocycles. The fourth-order valence-corrected chi connectivity index (χ4v) is 6.09. The van der Waals surface area contributed by atoms with E-state index < -0.39 is 6.10 Å². The Labute approximate surface area is 335 Å². The van der Waals surface area contributed by atoms with Crippen molar-refractivity contribution in [2.45, 2.75) is 206 Å². The van der Waals surface area contributed by atoms with E-state index in [9.17, 15) is 9.90 Å². The maximum absolute atomic E-state index is 12.2. The molecule has 54 heavy (non-hydrogen) atoms. The van der Waals surface area contributed by atoms with Crippen LogP contribution in [0.5, 0.6) is 0 Å². The number of ether oxygens (including phenoxy) is 2. The summed E-state index contributed by atoms with van der Waals surface area (Å²) in [7, 11) is 0. The molecule has 0 saturated heterocycles. The number of esters is 1. The first-order valence-electron chi connectivity index (χ1n) is 22.7. The van der Waals surface area contributed by atoms with Crippen LogP contribution < -0.4 is 0 Å². The monoisotopic (exact) mass is 751 g/mol. The van der Waals surface area contributed by atoms with Crippen molar-refractivity contribution in [3.8, 4) is 0 Å². The van der Waals surface area contributed by atoms with Gasteiger partial charge in [-0.3, -0.25) is 4.79 Å². The average Bonchev–Trinajstić information content (AvgIpc) is 3.18. The van der Waals surface area contributed by atoms with E-state index in [4.69, 9.17) is 9.47 Å². The van der Waals surface area contributed by atoms with Gasteiger partial charge in [-0.15, -0.1) is 0 Å². The molecule has 0 rings (SSSR count). The van der Waals surface area contributed by atoms with Crippen LogP contribution in [-0.2, 0) is 14.3 Å². The van der Waals surface area contributed by atoms with Gasteiger partial charge in [0, 0.05) is 13.0 Å². The zero-order chi connectivity index (χ0) is 39.1. The predicted octanol–water partition coefficient (Wildman–Crippen LogP) is 15.2. The molecule has 0 aromatic heterocycles. The second-order valence-electron chi connectivity index (χ2n) is 14.7. The third-order valence-electron chi connectivity index (χ3n) is 9.45. The fraction of sp³-hybridized carbons (Fsp3) is 0.700. The Bertz CT molecular complexity index is 969. The van der Waals surface area contributed by atoms with Crippen LogP contribution in [0.2, 0.25) is 0 Å². The Balaban J connectivity index is 3.50. The third-order valence-corrected chi connectivity index (χ3v) is 9.45. The highest BCUT2D eigenvalue weighted by Gasteiger charge is 2.13. The molecule has 0 aromatic carbocycles. The molecule has 0 aromatic rings. The van der Waals surface area contributed by atoms with Gasteiger partial charge in [0.25, 0.3) is 0 Å². The minimum Gasteiger partial charge on any atom is -0.457 e. The van der Waals surface area contributed by atoms with Crippen molar-refractivity contribution in [3.05, 3.63) is 85.1 Å². The van der Waals surface area contributed by atoms with Crippen molar-refractivity contribution in [2.24, 2.45) is 0 Å². The molecule has 1 N–H and O–H groups in total. The van der Waals surface area contributed by atoms with Gasteiger partial charge in [0.2, 0.25) is 0 Å². The summed E-state index contributed by atoms with van der Waals surface area (Å²) in [6.45, 7) is 5.19. The van der Waals surface area contributed by atoms with Gasteiger partial charge in [-0.2, -0.15) is 0 Å². The quantitative estimate of drug-likeness (QED) is 0.0384. The van der Waals surface area contributed by atoms with Crippen LogP contribution in [0, 0.1) is 0 Å². The lowest BCUT2D eigenvalue weighted by molar-refractivity contribution is -0.154. The normalized spacial score (nSPS) is 13.2. The fourth-order valence-electron chi connectivity index (χ4n) is 6.09. The molecule has 0 amide bonds. The molecule has 0 bridgehead atoms. The highest BCUT2D eigenvalue weighted by molar-refractivity contribution is 5.69. The summed E-state index contributed by atoms with van der Waals surface area (Å²) in [5, 5.41) is 9.62. The van der Waals surface area contributed by atoms with E-state index in [2.05, 4.69) is 98.9 Å². The number of carbonyl (C=O) groups is 1. The van der Waals surface area contributed by atoms with Crippen LogP contribution in [0.4, 0.5) is 0 Å². The van der Waals surface area contributed by atoms with E-state index in [0.29, 0.717) is 13.0 Å². The van der Waals surface area contributed by atoms with Crippen LogP contribution in [0.15, 0.2) is 85.1 Å². The topological polar surface area (TPSA) is 55.8 Å². The largest absolute Gasteiger partial charge is 0.457 e. The van der Waals surface area contributed by atoms with Crippen molar-refractivity contribution in [3.63, 3.8) is 0 Å². The molecular formula is C50H86O4. The molecule has 0 aliphatic rings. The number of allylic oxidation sites excluding steroid dienone is 14. The van der Waals surface area contributed by atoms with Crippen molar-refractivity contribution in [2.75, 3.05) is 19.8 Å². The summed E-state index contributed by atoms with van der Waals surface area (Å²) < 4.78 is 11.2. The Morgan fingerprint density at radius 1 is 0.463 bits per heavy atom. The Hall–Kier alpha value is -2.43. The summed E-state index contributed by atoms with van der Waals surface area (Å²) in [6.07, 6.45) is 65.0. The number of aliphatic hydroxyl groups excluding tert-OH is 1. The van der Waals surface area contributed by atoms with E-state index in [0.717, 1.165) is 70.6 Å². The highest BCUT2D eigenvalue weighted by atomic mass is 16.6. The van der Waals surface area contributed by atoms with Crippen molar-refractivity contribution >= 4 is 5.97 Å². The van der Waals surface area contributed by atoms with Gasteiger partial charge in [0.15, 0.2) is 0 Å². The number of carbonyl (C=O) groups excluding carboxylic acids is 1. The van der Waals surface area contributed by atoms with Gasteiger partial charge >= 0.3 is 5.97 Å². The Morgan fingerprint density at radius 3 is 1.26 bits per heavy atom. The van der Waals surface area contributed by atoms with Crippen LogP contribution >= 0.6 is 0 Å². The maximum atomic E-state index is 12.2. The summed E-state index contributed by atoms with van der Waals surface area (Å²) in [5.74, 6) is -0.216. The average molecular weight is 751 g/mol. The molecule has 4 heteroatoms. The summed E-state index contributed by atoms with van der Waals surface area (Å²) in [5.41, 5.74) is 0. The molecule has 0 spiro atoms. The lowest BCUT2D eigenvalue weighted by Crippen LogP contribution is -2.27. The smallest absolute Gasteiger partial charge is 0.306 e. The minimum absolute atomic E-state index is 0.183. The molecule has 1 atom stereocenters. The van der Waals surface area contributed by atoms with Crippen molar-refractivity contribution in [1.82, 2.24) is 0 Å². The van der Waals surface area contributed by atoms with E-state index in [-0.39, 0.29) is 19.2 Å². The molecule has 310 valence electrons. The molecule has 0 radical (unpaired) electrons. The van der Waals surface area contributed by atoms with Crippen molar-refractivity contribution < 1.29 is 19.4 Å². The molecular weight excluding hydrogens is 665 g/mol. The maximum Gasteiger partial charge on any atom is 0.306 e. The second kappa shape index (κ2) is 46.7. The number of unbranched alkanes of at least 4 members (excludes halogenated alkanes) is 19. The lowest BCUT2D eigenvalue weighted by atomic mass is 10.1. The number of hydrogen-bond donors (Lipinski definition) is 1. The molecule has 0 saturated carbocycles. The molecule has 0 aliphatic heterocycles. The van der Waals surface area contributed by atoms with Gasteiger partial charge in [0.1, 0.15) is 6.10 Å². The Morgan fingerprint density at radius 2 is 0.833 bits per heavy atom. The van der Waals surface area contributed by atoms with Crippen LogP contribution in [0.3, 0.4) is 0 Å². The van der Waals surface area contributed by atoms with Gasteiger partial charge in [-0.25, -0.2) is 0 Å². The zero-order valence-electron chi connectivity index (χ0n) is 35.5. The summed E-state index contributed by atoms with van der Waals surface area (Å²) in [4.78, 5) is 12.2. The van der Waals surface area contributed by atoms with Gasteiger partial charge in [-0.05, 0) is 89.9 Å². The predicted molar refractivity (Wildman–Crippen MR) is 237 cm³/mol. The van der Waals surface area contributed by atoms with E-state index in [1.54, 1.807) is 0 Å². The first-order chi connectivity index (χ1) is 26.7. The van der Waals surface area contributed by atoms with Crippen LogP contribution in [0.25, 0.3) is 0 Å². The van der Waals surface area contributed by atoms with E-state index in [1.807, 2.05) is 0 Å². The first kappa shape index (κ1) is 51.6. The van der Waals surface area contributed by atoms with Crippen molar-refractivity contribution in [1.29, 1.82) is 0 Å². The minimum atomic E-state index is -0.549. The number of aliphatic hydroxyl groups is 1. The second-order valence-corrected chi connectivity index (χ2v) is 14.7. The van der Waals surface area contributed by atoms with E-state index >= 15 is 0 Å². The third kappa shape index (κ3) is 44.0. The van der Waals surface area contributed by atoms with Gasteiger partial charge in [-0.1, -0.05) is 189 Å². The van der Waals surface area contributed by atoms with E-state index in [1.165, 1.54) is 109 Å². The summed E-state index contributed by atoms with van der Waals surface area (Å²) in [6, 6.07) is 0. The first-order valence-corrected chi connectivity index (χ1v) is 22.7. The van der Waals surface area contributed by atoms with Crippen LogP contribution in [0.1, 0.15) is 200 Å². The lowest BCUT2D eigenvalue weighted by Gasteiger charge is -2.16. The molecule has 0 aliphatic carbocycles.